The molecule has 0 spiro atoms. The summed E-state index contributed by atoms with van der Waals surface area (Å²) in [7, 11) is 0. The number of amides is 1. The summed E-state index contributed by atoms with van der Waals surface area (Å²) in [5.74, 6) is 2.42. The van der Waals surface area contributed by atoms with Crippen molar-refractivity contribution >= 4 is 27.5 Å². The molecule has 23 heavy (non-hydrogen) atoms. The second kappa shape index (κ2) is 7.55. The van der Waals surface area contributed by atoms with E-state index in [-0.39, 0.29) is 5.91 Å². The van der Waals surface area contributed by atoms with Gasteiger partial charge in [0.15, 0.2) is 0 Å². The highest BCUT2D eigenvalue weighted by molar-refractivity contribution is 7.18. The lowest BCUT2D eigenvalue weighted by Gasteiger charge is -2.33. The Bertz CT molecular complexity index is 680. The van der Waals surface area contributed by atoms with Crippen molar-refractivity contribution in [2.45, 2.75) is 6.54 Å². The van der Waals surface area contributed by atoms with Crippen molar-refractivity contribution in [3.63, 3.8) is 0 Å². The molecule has 0 aliphatic carbocycles. The summed E-state index contributed by atoms with van der Waals surface area (Å²) in [4.78, 5) is 20.9. The number of aromatic nitrogens is 1. The highest BCUT2D eigenvalue weighted by atomic mass is 32.1. The summed E-state index contributed by atoms with van der Waals surface area (Å²) >= 11 is 1.76. The minimum absolute atomic E-state index is 0.00238. The van der Waals surface area contributed by atoms with Crippen molar-refractivity contribution in [1.29, 1.82) is 0 Å². The molecule has 120 valence electrons. The zero-order valence-corrected chi connectivity index (χ0v) is 13.8. The maximum Gasteiger partial charge on any atom is 0.234 e. The number of piperazine rings is 1. The average molecular weight is 328 g/mol. The number of nitrogens with one attached hydrogen (secondary N) is 1. The third-order valence-electron chi connectivity index (χ3n) is 3.92. The minimum atomic E-state index is 0.00238. The summed E-state index contributed by atoms with van der Waals surface area (Å²) in [5, 5.41) is 3.87. The number of benzene rings is 1. The number of nitrogens with zero attached hydrogens (tertiary/aromatic N) is 3. The number of hydrogen-bond acceptors (Lipinski definition) is 5. The van der Waals surface area contributed by atoms with Gasteiger partial charge in [-0.1, -0.05) is 18.1 Å². The van der Waals surface area contributed by atoms with Crippen LogP contribution in [0.3, 0.4) is 0 Å². The van der Waals surface area contributed by atoms with E-state index in [1.54, 1.807) is 11.3 Å². The lowest BCUT2D eigenvalue weighted by Crippen LogP contribution is -2.49. The molecule has 3 rings (SSSR count). The molecule has 2 heterocycles. The molecule has 0 unspecified atom stereocenters. The molecule has 1 N–H and O–H groups in total. The van der Waals surface area contributed by atoms with Crippen LogP contribution in [0.4, 0.5) is 0 Å². The van der Waals surface area contributed by atoms with Gasteiger partial charge in [-0.3, -0.25) is 14.6 Å². The maximum atomic E-state index is 11.7. The fraction of sp³-hybridized carbons (Fsp3) is 0.412. The molecular weight excluding hydrogens is 308 g/mol. The van der Waals surface area contributed by atoms with Crippen molar-refractivity contribution in [2.75, 3.05) is 39.3 Å². The SMILES string of the molecule is C#CCNC(=O)CN1CCN(Cc2nc3ccccc3s2)CC1. The predicted molar refractivity (Wildman–Crippen MR) is 93.2 cm³/mol. The maximum absolute atomic E-state index is 11.7. The van der Waals surface area contributed by atoms with Crippen LogP contribution in [0.1, 0.15) is 5.01 Å². The van der Waals surface area contributed by atoms with Crippen LogP contribution >= 0.6 is 11.3 Å². The van der Waals surface area contributed by atoms with E-state index >= 15 is 0 Å². The Morgan fingerprint density at radius 1 is 1.26 bits per heavy atom. The molecule has 6 heteroatoms. The van der Waals surface area contributed by atoms with Crippen LogP contribution in [0.2, 0.25) is 0 Å². The van der Waals surface area contributed by atoms with Gasteiger partial charge in [0, 0.05) is 26.2 Å². The molecule has 1 aromatic carbocycles. The topological polar surface area (TPSA) is 48.5 Å². The number of para-hydroxylation sites is 1. The second-order valence-corrected chi connectivity index (χ2v) is 6.72. The average Bonchev–Trinajstić information content (AvgIpc) is 2.97. The number of hydrogen-bond donors (Lipinski definition) is 1. The molecule has 2 aromatic rings. The monoisotopic (exact) mass is 328 g/mol. The van der Waals surface area contributed by atoms with Crippen LogP contribution in [-0.2, 0) is 11.3 Å². The summed E-state index contributed by atoms with van der Waals surface area (Å²) in [6.07, 6.45) is 5.14. The molecule has 1 saturated heterocycles. The van der Waals surface area contributed by atoms with Crippen LogP contribution in [0.5, 0.6) is 0 Å². The minimum Gasteiger partial charge on any atom is -0.344 e. The van der Waals surface area contributed by atoms with Crippen molar-refractivity contribution in [1.82, 2.24) is 20.1 Å². The molecule has 0 radical (unpaired) electrons. The van der Waals surface area contributed by atoms with E-state index in [0.29, 0.717) is 13.1 Å². The molecule has 0 saturated carbocycles. The van der Waals surface area contributed by atoms with Crippen molar-refractivity contribution in [2.24, 2.45) is 0 Å². The van der Waals surface area contributed by atoms with Gasteiger partial charge < -0.3 is 5.32 Å². The number of rotatable bonds is 5. The first-order valence-electron chi connectivity index (χ1n) is 7.74. The van der Waals surface area contributed by atoms with Crippen molar-refractivity contribution in [3.8, 4) is 12.3 Å². The fourth-order valence-corrected chi connectivity index (χ4v) is 3.70. The number of thiazole rings is 1. The fourth-order valence-electron chi connectivity index (χ4n) is 2.69. The summed E-state index contributed by atoms with van der Waals surface area (Å²) in [5.41, 5.74) is 1.08. The van der Waals surface area contributed by atoms with Gasteiger partial charge in [0.25, 0.3) is 0 Å². The third-order valence-corrected chi connectivity index (χ3v) is 4.94. The van der Waals surface area contributed by atoms with E-state index in [0.717, 1.165) is 43.2 Å². The van der Waals surface area contributed by atoms with Gasteiger partial charge in [-0.2, -0.15) is 0 Å². The molecule has 1 aromatic heterocycles. The number of fused-ring (bicyclic) bond motifs is 1. The van der Waals surface area contributed by atoms with Gasteiger partial charge in [0.2, 0.25) is 5.91 Å². The smallest absolute Gasteiger partial charge is 0.234 e. The zero-order valence-electron chi connectivity index (χ0n) is 13.0. The van der Waals surface area contributed by atoms with E-state index in [2.05, 4.69) is 38.2 Å². The molecule has 1 aliphatic heterocycles. The van der Waals surface area contributed by atoms with E-state index in [9.17, 15) is 4.79 Å². The van der Waals surface area contributed by atoms with Crippen molar-refractivity contribution < 1.29 is 4.79 Å². The Balaban J connectivity index is 1.47. The normalized spacial score (nSPS) is 16.3. The van der Waals surface area contributed by atoms with Gasteiger partial charge >= 0.3 is 0 Å². The summed E-state index contributed by atoms with van der Waals surface area (Å²) in [6, 6.07) is 8.25. The Morgan fingerprint density at radius 3 is 2.74 bits per heavy atom. The predicted octanol–water partition coefficient (Wildman–Crippen LogP) is 1.16. The molecule has 0 bridgehead atoms. The van der Waals surface area contributed by atoms with Crippen LogP contribution in [0, 0.1) is 12.3 Å². The van der Waals surface area contributed by atoms with Crippen LogP contribution in [0.15, 0.2) is 24.3 Å². The van der Waals surface area contributed by atoms with E-state index in [4.69, 9.17) is 6.42 Å². The van der Waals surface area contributed by atoms with Gasteiger partial charge in [-0.25, -0.2) is 4.98 Å². The lowest BCUT2D eigenvalue weighted by atomic mass is 10.3. The van der Waals surface area contributed by atoms with Crippen LogP contribution < -0.4 is 5.32 Å². The van der Waals surface area contributed by atoms with Gasteiger partial charge in [0.05, 0.1) is 29.9 Å². The molecule has 0 atom stereocenters. The van der Waals surface area contributed by atoms with E-state index in [1.807, 2.05) is 12.1 Å². The van der Waals surface area contributed by atoms with Crippen LogP contribution in [0.25, 0.3) is 10.2 Å². The van der Waals surface area contributed by atoms with Gasteiger partial charge in [-0.05, 0) is 12.1 Å². The molecule has 1 amide bonds. The summed E-state index contributed by atoms with van der Waals surface area (Å²) in [6.45, 7) is 5.32. The third kappa shape index (κ3) is 4.29. The Labute approximate surface area is 140 Å². The highest BCUT2D eigenvalue weighted by Gasteiger charge is 2.19. The Hall–Kier alpha value is -1.94. The first-order valence-corrected chi connectivity index (χ1v) is 8.55. The van der Waals surface area contributed by atoms with Gasteiger partial charge in [0.1, 0.15) is 5.01 Å². The first kappa shape index (κ1) is 15.9. The Kier molecular flexibility index (Phi) is 5.23. The molecular formula is C17H20N4OS. The molecule has 1 fully saturated rings. The number of carbonyl (C=O) groups excluding carboxylic acids is 1. The first-order chi connectivity index (χ1) is 11.2. The molecule has 5 nitrogen and oxygen atoms in total. The standard InChI is InChI=1S/C17H20N4OS/c1-2-7-18-16(22)12-20-8-10-21(11-9-20)13-17-19-14-5-3-4-6-15(14)23-17/h1,3-6H,7-13H2,(H,18,22). The van der Waals surface area contributed by atoms with E-state index in [1.165, 1.54) is 4.70 Å². The lowest BCUT2D eigenvalue weighted by molar-refractivity contribution is -0.122. The van der Waals surface area contributed by atoms with E-state index < -0.39 is 0 Å². The highest BCUT2D eigenvalue weighted by Crippen LogP contribution is 2.22. The Morgan fingerprint density at radius 2 is 2.00 bits per heavy atom. The number of terminal acetylenes is 1. The molecule has 1 aliphatic rings. The van der Waals surface area contributed by atoms with Crippen molar-refractivity contribution in [3.05, 3.63) is 29.3 Å². The van der Waals surface area contributed by atoms with Gasteiger partial charge in [-0.15, -0.1) is 17.8 Å². The quantitative estimate of drug-likeness (QED) is 0.837. The second-order valence-electron chi connectivity index (χ2n) is 5.61. The largest absolute Gasteiger partial charge is 0.344 e. The number of carbonyl (C=O) groups is 1. The summed E-state index contributed by atoms with van der Waals surface area (Å²) < 4.78 is 1.24. The van der Waals surface area contributed by atoms with Crippen LogP contribution in [-0.4, -0.2) is 60.0 Å². The zero-order chi connectivity index (χ0) is 16.1.